The minimum atomic E-state index is 0.705. The molecular weight excluding hydrogens is 390 g/mol. The molecule has 0 aliphatic carbocycles. The first kappa shape index (κ1) is 29.9. The first-order chi connectivity index (χ1) is 15.2. The van der Waals surface area contributed by atoms with Crippen molar-refractivity contribution in [1.82, 2.24) is 14.7 Å². The predicted molar refractivity (Wildman–Crippen MR) is 145 cm³/mol. The fourth-order valence-electron chi connectivity index (χ4n) is 5.69. The third kappa shape index (κ3) is 10.4. The Morgan fingerprint density at radius 3 is 1.41 bits per heavy atom. The predicted octanol–water partition coefficient (Wildman–Crippen LogP) is 7.16. The molecule has 0 aromatic carbocycles. The van der Waals surface area contributed by atoms with E-state index in [1.807, 2.05) is 13.8 Å². The molecule has 0 aromatic heterocycles. The van der Waals surface area contributed by atoms with Crippen LogP contribution in [0.2, 0.25) is 0 Å². The standard InChI is InChI=1S/C15H30N2.C12H25N.C2H6/c1-13(2)16-9-5-15(6-10-16)7-11-17(12-8-15)14(3)4;1-4-13-9-7-12(8-10-13)6-5-11(2)3;1-2/h13-14H,5-12H2,1-4H3;11-12H,4-10H2,1-3H3;1-2H3. The van der Waals surface area contributed by atoms with Crippen LogP contribution in [0.15, 0.2) is 0 Å². The van der Waals surface area contributed by atoms with Gasteiger partial charge in [0.05, 0.1) is 0 Å². The molecule has 3 heterocycles. The van der Waals surface area contributed by atoms with Gasteiger partial charge in [-0.2, -0.15) is 0 Å². The van der Waals surface area contributed by atoms with E-state index in [2.05, 4.69) is 63.2 Å². The van der Waals surface area contributed by atoms with Crippen LogP contribution in [0.5, 0.6) is 0 Å². The third-order valence-electron chi connectivity index (χ3n) is 8.48. The van der Waals surface area contributed by atoms with Gasteiger partial charge >= 0.3 is 0 Å². The second-order valence-electron chi connectivity index (χ2n) is 11.6. The van der Waals surface area contributed by atoms with Crippen LogP contribution in [0.25, 0.3) is 0 Å². The lowest BCUT2D eigenvalue weighted by Crippen LogP contribution is -2.49. The Kier molecular flexibility index (Phi) is 14.7. The van der Waals surface area contributed by atoms with E-state index in [1.54, 1.807) is 0 Å². The Hall–Kier alpha value is -0.120. The maximum Gasteiger partial charge on any atom is 0.00385 e. The molecule has 0 N–H and O–H groups in total. The van der Waals surface area contributed by atoms with Crippen molar-refractivity contribution >= 4 is 0 Å². The highest BCUT2D eigenvalue weighted by molar-refractivity contribution is 4.91. The molecule has 0 saturated carbocycles. The molecule has 3 rings (SSSR count). The van der Waals surface area contributed by atoms with Crippen molar-refractivity contribution in [2.45, 2.75) is 126 Å². The monoisotopic (exact) mass is 451 g/mol. The van der Waals surface area contributed by atoms with Crippen LogP contribution in [0.3, 0.4) is 0 Å². The van der Waals surface area contributed by atoms with E-state index in [-0.39, 0.29) is 0 Å². The van der Waals surface area contributed by atoms with Gasteiger partial charge in [-0.25, -0.2) is 0 Å². The van der Waals surface area contributed by atoms with Crippen LogP contribution in [0, 0.1) is 17.3 Å². The number of piperidine rings is 3. The Morgan fingerprint density at radius 1 is 0.688 bits per heavy atom. The summed E-state index contributed by atoms with van der Waals surface area (Å²) >= 11 is 0. The van der Waals surface area contributed by atoms with Gasteiger partial charge in [0.25, 0.3) is 0 Å². The largest absolute Gasteiger partial charge is 0.304 e. The van der Waals surface area contributed by atoms with E-state index in [4.69, 9.17) is 0 Å². The summed E-state index contributed by atoms with van der Waals surface area (Å²) in [5, 5.41) is 0. The summed E-state index contributed by atoms with van der Waals surface area (Å²) in [5.74, 6) is 1.93. The number of hydrogen-bond donors (Lipinski definition) is 0. The zero-order valence-corrected chi connectivity index (χ0v) is 23.8. The van der Waals surface area contributed by atoms with Crippen molar-refractivity contribution in [2.24, 2.45) is 17.3 Å². The smallest absolute Gasteiger partial charge is 0.00385 e. The van der Waals surface area contributed by atoms with Crippen molar-refractivity contribution in [3.05, 3.63) is 0 Å². The lowest BCUT2D eigenvalue weighted by Gasteiger charge is -2.48. The van der Waals surface area contributed by atoms with Crippen LogP contribution in [0.1, 0.15) is 114 Å². The molecular formula is C29H61N3. The van der Waals surface area contributed by atoms with Crippen molar-refractivity contribution in [2.75, 3.05) is 45.8 Å². The summed E-state index contributed by atoms with van der Waals surface area (Å²) in [6.07, 6.45) is 11.6. The second-order valence-corrected chi connectivity index (χ2v) is 11.6. The number of hydrogen-bond acceptors (Lipinski definition) is 3. The van der Waals surface area contributed by atoms with Gasteiger partial charge in [-0.1, -0.05) is 47.5 Å². The summed E-state index contributed by atoms with van der Waals surface area (Å²) in [7, 11) is 0. The maximum absolute atomic E-state index is 2.65. The van der Waals surface area contributed by atoms with Gasteiger partial charge in [-0.15, -0.1) is 0 Å². The van der Waals surface area contributed by atoms with Gasteiger partial charge in [-0.3, -0.25) is 0 Å². The van der Waals surface area contributed by atoms with Gasteiger partial charge in [0.15, 0.2) is 0 Å². The molecule has 1 spiro atoms. The molecule has 0 aromatic rings. The molecule has 32 heavy (non-hydrogen) atoms. The Morgan fingerprint density at radius 2 is 1.09 bits per heavy atom. The van der Waals surface area contributed by atoms with Crippen molar-refractivity contribution in [3.8, 4) is 0 Å². The summed E-state index contributed by atoms with van der Waals surface area (Å²) in [4.78, 5) is 7.88. The van der Waals surface area contributed by atoms with E-state index in [9.17, 15) is 0 Å². The van der Waals surface area contributed by atoms with Crippen molar-refractivity contribution < 1.29 is 0 Å². The van der Waals surface area contributed by atoms with Crippen LogP contribution in [-0.2, 0) is 0 Å². The molecule has 0 radical (unpaired) electrons. The molecule has 3 saturated heterocycles. The van der Waals surface area contributed by atoms with E-state index in [0.717, 1.165) is 23.9 Å². The molecule has 0 bridgehead atoms. The average Bonchev–Trinajstić information content (AvgIpc) is 2.80. The highest BCUT2D eigenvalue weighted by Gasteiger charge is 2.38. The zero-order chi connectivity index (χ0) is 24.1. The summed E-state index contributed by atoms with van der Waals surface area (Å²) in [6.45, 7) is 29.5. The van der Waals surface area contributed by atoms with Crippen LogP contribution in [0.4, 0.5) is 0 Å². The first-order valence-electron chi connectivity index (χ1n) is 14.4. The second kappa shape index (κ2) is 15.7. The first-order valence-corrected chi connectivity index (χ1v) is 14.4. The van der Waals surface area contributed by atoms with Gasteiger partial charge in [0.1, 0.15) is 0 Å². The molecule has 192 valence electrons. The average molecular weight is 452 g/mol. The van der Waals surface area contributed by atoms with E-state index < -0.39 is 0 Å². The lowest BCUT2D eigenvalue weighted by atomic mass is 9.71. The van der Waals surface area contributed by atoms with E-state index in [1.165, 1.54) is 97.2 Å². The Bertz CT molecular complexity index is 406. The fourth-order valence-corrected chi connectivity index (χ4v) is 5.69. The quantitative estimate of drug-likeness (QED) is 0.424. The van der Waals surface area contributed by atoms with Gasteiger partial charge < -0.3 is 14.7 Å². The Labute approximate surface area is 203 Å². The lowest BCUT2D eigenvalue weighted by molar-refractivity contribution is 0.0168. The highest BCUT2D eigenvalue weighted by Crippen LogP contribution is 2.41. The highest BCUT2D eigenvalue weighted by atomic mass is 15.2. The van der Waals surface area contributed by atoms with E-state index >= 15 is 0 Å². The molecule has 3 fully saturated rings. The minimum absolute atomic E-state index is 0.705. The Balaban J connectivity index is 0.000000307. The molecule has 3 heteroatoms. The fraction of sp³-hybridized carbons (Fsp3) is 1.00. The number of rotatable bonds is 6. The van der Waals surface area contributed by atoms with E-state index in [0.29, 0.717) is 5.41 Å². The van der Waals surface area contributed by atoms with Crippen LogP contribution in [-0.4, -0.2) is 72.6 Å². The van der Waals surface area contributed by atoms with Crippen LogP contribution < -0.4 is 0 Å². The van der Waals surface area contributed by atoms with Gasteiger partial charge in [0.2, 0.25) is 0 Å². The van der Waals surface area contributed by atoms with Crippen molar-refractivity contribution in [1.29, 1.82) is 0 Å². The zero-order valence-electron chi connectivity index (χ0n) is 23.8. The molecule has 3 aliphatic rings. The number of nitrogens with zero attached hydrogens (tertiary/aromatic N) is 3. The van der Waals surface area contributed by atoms with Crippen LogP contribution >= 0.6 is 0 Å². The van der Waals surface area contributed by atoms with Gasteiger partial charge in [0, 0.05) is 12.1 Å². The van der Waals surface area contributed by atoms with Crippen molar-refractivity contribution in [3.63, 3.8) is 0 Å². The third-order valence-corrected chi connectivity index (χ3v) is 8.48. The molecule has 3 aliphatic heterocycles. The molecule has 3 nitrogen and oxygen atoms in total. The normalized spacial score (nSPS) is 23.2. The molecule has 0 atom stereocenters. The summed E-state index contributed by atoms with van der Waals surface area (Å²) in [6, 6.07) is 1.48. The summed E-state index contributed by atoms with van der Waals surface area (Å²) in [5.41, 5.74) is 0.705. The molecule has 0 amide bonds. The minimum Gasteiger partial charge on any atom is -0.304 e. The van der Waals surface area contributed by atoms with Gasteiger partial charge in [-0.05, 0) is 129 Å². The maximum atomic E-state index is 2.65. The SMILES string of the molecule is CC.CC(C)N1CCC2(CC1)CCN(C(C)C)CC2.CCN1CCC(CCC(C)C)CC1. The number of likely N-dealkylation sites (tertiary alicyclic amines) is 3. The summed E-state index contributed by atoms with van der Waals surface area (Å²) < 4.78 is 0. The molecule has 0 unspecified atom stereocenters. The topological polar surface area (TPSA) is 9.72 Å².